The molecule has 1 radical (unpaired) electrons. The maximum Gasteiger partial charge on any atom is 0.0340 e. The predicted octanol–water partition coefficient (Wildman–Crippen LogP) is 0.499. The summed E-state index contributed by atoms with van der Waals surface area (Å²) in [4.78, 5) is 2.34. The van der Waals surface area contributed by atoms with Crippen LogP contribution < -0.4 is 0 Å². The van der Waals surface area contributed by atoms with E-state index in [1.54, 1.807) is 0 Å². The number of likely N-dealkylation sites (tertiary alicyclic amines) is 1. The maximum atomic E-state index is 5.38. The largest absolute Gasteiger partial charge is 0.548 e. The van der Waals surface area contributed by atoms with Crippen molar-refractivity contribution in [3.05, 3.63) is 6.61 Å². The second kappa shape index (κ2) is 2.27. The van der Waals surface area contributed by atoms with Crippen LogP contribution in [-0.2, 0) is 4.74 Å². The summed E-state index contributed by atoms with van der Waals surface area (Å²) in [5.41, 5.74) is 0. The van der Waals surface area contributed by atoms with Gasteiger partial charge in [0.1, 0.15) is 0 Å². The van der Waals surface area contributed by atoms with Crippen LogP contribution in [0.25, 0.3) is 0 Å². The molecule has 2 bridgehead atoms. The monoisotopic (exact) mass is 388 g/mol. The Balaban J connectivity index is 0.000000500. The minimum absolute atomic E-state index is 0. The molecule has 0 aromatic carbocycles. The summed E-state index contributed by atoms with van der Waals surface area (Å²) in [7, 11) is 2.15. The second-order valence-corrected chi connectivity index (χ2v) is 3.11. The standard InChI is InChI=1S/C7H12NO.Lr/c1-8-3-6-2-7(4-8)9-5-6;/h5-7H,2-4H2,1H3;/q-1;. The molecule has 2 rings (SSSR count). The van der Waals surface area contributed by atoms with E-state index < -0.39 is 0 Å². The summed E-state index contributed by atoms with van der Waals surface area (Å²) in [6.07, 6.45) is 1.76. The number of hydrogen-bond acceptors (Lipinski definition) is 2. The van der Waals surface area contributed by atoms with Gasteiger partial charge in [0.05, 0.1) is 0 Å². The third-order valence-corrected chi connectivity index (χ3v) is 2.09. The van der Waals surface area contributed by atoms with Gasteiger partial charge in [-0.2, -0.15) is 0 Å². The number of hydrogen-bond donors (Lipinski definition) is 0. The Morgan fingerprint density at radius 3 is 3.00 bits per heavy atom. The fourth-order valence-corrected chi connectivity index (χ4v) is 1.73. The minimum Gasteiger partial charge on any atom is -0.548 e. The Kier molecular flexibility index (Phi) is 1.60. The molecule has 2 saturated heterocycles. The molecule has 0 amide bonds. The van der Waals surface area contributed by atoms with Gasteiger partial charge in [0.15, 0.2) is 0 Å². The van der Waals surface area contributed by atoms with Crippen molar-refractivity contribution in [1.29, 1.82) is 0 Å². The Hall–Kier alpha value is -1.08. The fraction of sp³-hybridized carbons (Fsp3) is 0.857. The minimum atomic E-state index is 0. The van der Waals surface area contributed by atoms with Crippen LogP contribution in [-0.4, -0.2) is 31.1 Å². The Labute approximate surface area is 55.8 Å². The molecule has 10 heavy (non-hydrogen) atoms. The third kappa shape index (κ3) is 0.957. The van der Waals surface area contributed by atoms with E-state index in [9.17, 15) is 0 Å². The summed E-state index contributed by atoms with van der Waals surface area (Å²) < 4.78 is 5.38. The van der Waals surface area contributed by atoms with Gasteiger partial charge in [-0.05, 0) is 20.0 Å². The first-order valence-corrected chi connectivity index (χ1v) is 3.52. The number of nitrogens with zero attached hydrogens (tertiary/aromatic N) is 1. The predicted molar refractivity (Wildman–Crippen MR) is 34.8 cm³/mol. The van der Waals surface area contributed by atoms with E-state index in [1.807, 2.05) is 6.61 Å². The van der Waals surface area contributed by atoms with E-state index in [2.05, 4.69) is 11.9 Å². The molecular formula is C7H12LrNO-. The SMILES string of the molecule is CN1CC2[CH-]OC(C2)C1.[Lr]. The molecule has 2 heterocycles. The first-order valence-electron chi connectivity index (χ1n) is 3.52. The van der Waals surface area contributed by atoms with E-state index in [-0.39, 0.29) is 0 Å². The molecule has 2 unspecified atom stereocenters. The fourth-order valence-electron chi connectivity index (χ4n) is 1.73. The van der Waals surface area contributed by atoms with Gasteiger partial charge in [-0.3, -0.25) is 0 Å². The molecular weight excluding hydrogens is 376 g/mol. The van der Waals surface area contributed by atoms with Crippen LogP contribution in [0.1, 0.15) is 6.42 Å². The normalized spacial score (nSPS) is 39.3. The van der Waals surface area contributed by atoms with Crippen LogP contribution in [0.4, 0.5) is 0 Å². The van der Waals surface area contributed by atoms with Gasteiger partial charge in [0.2, 0.25) is 0 Å². The van der Waals surface area contributed by atoms with E-state index in [0.717, 1.165) is 6.54 Å². The number of rotatable bonds is 0. The zero-order chi connectivity index (χ0) is 6.27. The van der Waals surface area contributed by atoms with Gasteiger partial charge < -0.3 is 9.64 Å². The van der Waals surface area contributed by atoms with Crippen LogP contribution in [0.15, 0.2) is 0 Å². The van der Waals surface area contributed by atoms with Gasteiger partial charge in [0.25, 0.3) is 0 Å². The quantitative estimate of drug-likeness (QED) is 0.561. The molecule has 0 aromatic heterocycles. The third-order valence-electron chi connectivity index (χ3n) is 2.09. The van der Waals surface area contributed by atoms with Gasteiger partial charge >= 0.3 is 0 Å². The summed E-state index contributed by atoms with van der Waals surface area (Å²) in [6, 6.07) is 0. The molecule has 0 aromatic rings. The number of likely N-dealkylation sites (N-methyl/N-ethyl adjacent to an activating group) is 1. The smallest absolute Gasteiger partial charge is 0.0340 e. The van der Waals surface area contributed by atoms with E-state index in [1.165, 1.54) is 13.0 Å². The molecule has 3 heteroatoms. The average molecular weight is 388 g/mol. The summed E-state index contributed by atoms with van der Waals surface area (Å²) >= 11 is 0. The van der Waals surface area contributed by atoms with Crippen LogP contribution >= 0.6 is 0 Å². The molecule has 0 N–H and O–H groups in total. The average Bonchev–Trinajstić information content (AvgIpc) is 2.11. The molecule has 2 aliphatic rings. The molecule has 67 valence electrons. The van der Waals surface area contributed by atoms with Crippen molar-refractivity contribution >= 4 is 0 Å². The second-order valence-electron chi connectivity index (χ2n) is 3.11. The summed E-state index contributed by atoms with van der Waals surface area (Å²) in [5, 5.41) is 0. The molecule has 2 nitrogen and oxygen atoms in total. The topological polar surface area (TPSA) is 12.5 Å². The van der Waals surface area contributed by atoms with E-state index in [0.29, 0.717) is 12.0 Å². The number of piperidine rings is 1. The van der Waals surface area contributed by atoms with Crippen LogP contribution in [0.5, 0.6) is 0 Å². The van der Waals surface area contributed by atoms with Crippen molar-refractivity contribution < 1.29 is 4.74 Å². The molecule has 0 aliphatic carbocycles. The van der Waals surface area contributed by atoms with Crippen molar-refractivity contribution in [2.75, 3.05) is 20.1 Å². The van der Waals surface area contributed by atoms with Crippen molar-refractivity contribution in [3.63, 3.8) is 0 Å². The van der Waals surface area contributed by atoms with Crippen LogP contribution in [0, 0.1) is 12.5 Å². The van der Waals surface area contributed by atoms with Crippen molar-refractivity contribution in [2.24, 2.45) is 5.92 Å². The van der Waals surface area contributed by atoms with E-state index >= 15 is 0 Å². The number of ether oxygens (including phenoxy) is 1. The summed E-state index contributed by atoms with van der Waals surface area (Å²) in [5.74, 6) is 0.716. The van der Waals surface area contributed by atoms with E-state index in [4.69, 9.17) is 4.74 Å². The molecule has 0 saturated carbocycles. The van der Waals surface area contributed by atoms with Gasteiger partial charge in [-0.15, -0.1) is 5.92 Å². The van der Waals surface area contributed by atoms with Gasteiger partial charge in [0, 0.05) is 12.6 Å². The Bertz CT molecular complexity index is 108. The molecule has 2 fully saturated rings. The molecule has 2 aliphatic heterocycles. The van der Waals surface area contributed by atoms with Crippen molar-refractivity contribution in [2.45, 2.75) is 12.5 Å². The van der Waals surface area contributed by atoms with Crippen LogP contribution in [0.3, 0.4) is 0 Å². The zero-order valence-electron chi connectivity index (χ0n) is 5.97. The van der Waals surface area contributed by atoms with Crippen LogP contribution in [0.2, 0.25) is 0 Å². The first kappa shape index (κ1) is 7.03. The Morgan fingerprint density at radius 2 is 2.30 bits per heavy atom. The maximum absolute atomic E-state index is 5.38. The first-order chi connectivity index (χ1) is 4.34. The zero-order valence-corrected chi connectivity index (χ0v) is 8.12. The number of fused-ring (bicyclic) bond motifs is 2. The molecule has 2 atom stereocenters. The van der Waals surface area contributed by atoms with Gasteiger partial charge in [-0.25, -0.2) is 6.61 Å². The Morgan fingerprint density at radius 1 is 1.50 bits per heavy atom. The summed E-state index contributed by atoms with van der Waals surface area (Å²) in [6.45, 7) is 4.32. The van der Waals surface area contributed by atoms with Gasteiger partial charge in [-0.1, -0.05) is 0 Å². The van der Waals surface area contributed by atoms with Crippen molar-refractivity contribution in [3.8, 4) is 0 Å². The van der Waals surface area contributed by atoms with Crippen molar-refractivity contribution in [1.82, 2.24) is 4.90 Å². The molecule has 0 spiro atoms.